The molecule has 0 aromatic carbocycles. The number of carbonyl (C=O) groups excluding carboxylic acids is 4. The van der Waals surface area contributed by atoms with Crippen molar-refractivity contribution in [3.8, 4) is 0 Å². The zero-order chi connectivity index (χ0) is 26.8. The molecule has 0 aromatic rings. The molecule has 3 saturated carbocycles. The van der Waals surface area contributed by atoms with Crippen LogP contribution in [0.3, 0.4) is 0 Å². The molecule has 3 fully saturated rings. The summed E-state index contributed by atoms with van der Waals surface area (Å²) in [6.07, 6.45) is -1.07. The summed E-state index contributed by atoms with van der Waals surface area (Å²) in [7, 11) is 0. The Bertz CT molecular complexity index is 1060. The van der Waals surface area contributed by atoms with Crippen LogP contribution in [0.15, 0.2) is 23.8 Å². The molecular formula is C26H31F3O7. The number of alkyl halides is 3. The molecule has 1 N–H and O–H groups in total. The van der Waals surface area contributed by atoms with Crippen LogP contribution < -0.4 is 0 Å². The first-order valence-electron chi connectivity index (χ1n) is 12.2. The van der Waals surface area contributed by atoms with Crippen molar-refractivity contribution < 1.29 is 46.9 Å². The minimum absolute atomic E-state index is 0.0551. The van der Waals surface area contributed by atoms with Crippen LogP contribution in [0.5, 0.6) is 0 Å². The second kappa shape index (κ2) is 8.53. The fraction of sp³-hybridized carbons (Fsp3) is 0.692. The number of allylic oxidation sites excluding steroid dienone is 4. The fourth-order valence-corrected chi connectivity index (χ4v) is 7.78. The third kappa shape index (κ3) is 3.92. The van der Waals surface area contributed by atoms with E-state index in [9.17, 15) is 37.5 Å². The first-order valence-corrected chi connectivity index (χ1v) is 12.2. The van der Waals surface area contributed by atoms with Gasteiger partial charge in [-0.1, -0.05) is 32.4 Å². The third-order valence-corrected chi connectivity index (χ3v) is 9.30. The van der Waals surface area contributed by atoms with Gasteiger partial charge in [-0.25, -0.2) is 4.79 Å². The van der Waals surface area contributed by atoms with Crippen molar-refractivity contribution in [1.29, 1.82) is 0 Å². The molecule has 0 amide bonds. The number of carbonyl (C=O) groups is 4. The molecule has 0 aromatic heterocycles. The Morgan fingerprint density at radius 1 is 1.22 bits per heavy atom. The Kier molecular flexibility index (Phi) is 6.30. The molecule has 0 saturated heterocycles. The molecule has 4 aliphatic rings. The van der Waals surface area contributed by atoms with Gasteiger partial charge in [0.05, 0.1) is 0 Å². The number of ketones is 2. The van der Waals surface area contributed by atoms with E-state index in [2.05, 4.69) is 0 Å². The molecule has 0 bridgehead atoms. The van der Waals surface area contributed by atoms with Gasteiger partial charge in [-0.05, 0) is 55.6 Å². The number of hydrogen-bond acceptors (Lipinski definition) is 7. The number of fused-ring (bicyclic) bond motifs is 5. The van der Waals surface area contributed by atoms with E-state index in [4.69, 9.17) is 9.47 Å². The Balaban J connectivity index is 1.79. The van der Waals surface area contributed by atoms with Crippen molar-refractivity contribution in [2.45, 2.75) is 71.3 Å². The minimum Gasteiger partial charge on any atom is -0.458 e. The summed E-state index contributed by atoms with van der Waals surface area (Å²) in [6, 6.07) is 0. The maximum Gasteiger partial charge on any atom is 0.490 e. The first-order chi connectivity index (χ1) is 16.5. The van der Waals surface area contributed by atoms with E-state index in [0.29, 0.717) is 12.8 Å². The summed E-state index contributed by atoms with van der Waals surface area (Å²) >= 11 is 0. The predicted octanol–water partition coefficient (Wildman–Crippen LogP) is 3.49. The average Bonchev–Trinajstić information content (AvgIpc) is 3.04. The van der Waals surface area contributed by atoms with Crippen LogP contribution >= 0.6 is 0 Å². The monoisotopic (exact) mass is 512 g/mol. The zero-order valence-electron chi connectivity index (χ0n) is 20.7. The van der Waals surface area contributed by atoms with Gasteiger partial charge in [0.1, 0.15) is 11.7 Å². The highest BCUT2D eigenvalue weighted by molar-refractivity contribution is 6.01. The van der Waals surface area contributed by atoms with E-state index in [1.807, 2.05) is 13.8 Å². The van der Waals surface area contributed by atoms with Gasteiger partial charge in [-0.3, -0.25) is 14.4 Å². The number of aliphatic hydroxyl groups is 1. The normalized spacial score (nSPS) is 41.5. The van der Waals surface area contributed by atoms with Crippen LogP contribution in [0, 0.1) is 34.5 Å². The number of hydrogen-bond donors (Lipinski definition) is 1. The molecule has 36 heavy (non-hydrogen) atoms. The molecule has 1 unspecified atom stereocenters. The summed E-state index contributed by atoms with van der Waals surface area (Å²) in [5.74, 6) is -5.17. The lowest BCUT2D eigenvalue weighted by Crippen LogP contribution is -2.63. The minimum atomic E-state index is -5.22. The summed E-state index contributed by atoms with van der Waals surface area (Å²) in [5.41, 5.74) is -3.23. The highest BCUT2D eigenvalue weighted by atomic mass is 19.4. The lowest BCUT2D eigenvalue weighted by atomic mass is 9.44. The molecule has 4 rings (SSSR count). The maximum atomic E-state index is 13.3. The van der Waals surface area contributed by atoms with Crippen LogP contribution in [0.1, 0.15) is 53.4 Å². The van der Waals surface area contributed by atoms with Crippen LogP contribution in [0.2, 0.25) is 0 Å². The van der Waals surface area contributed by atoms with Gasteiger partial charge in [0.25, 0.3) is 0 Å². The van der Waals surface area contributed by atoms with Gasteiger partial charge in [0, 0.05) is 23.7 Å². The molecular weight excluding hydrogens is 481 g/mol. The Morgan fingerprint density at radius 2 is 1.89 bits per heavy atom. The number of ether oxygens (including phenoxy) is 2. The SMILES string of the molecule is CC(=O)OCC(=O)[C@@]1(O)CC[C@H]2[C@@H]3CC(C)C4=CC(=O)C=C[C@]4(C)[C@H]3[C@H](OC(=O)C(F)(F)F)C[C@@]21C. The molecule has 0 radical (unpaired) electrons. The molecule has 0 aliphatic heterocycles. The quantitative estimate of drug-likeness (QED) is 0.575. The lowest BCUT2D eigenvalue weighted by molar-refractivity contribution is -0.225. The van der Waals surface area contributed by atoms with Crippen LogP contribution in [0.25, 0.3) is 0 Å². The van der Waals surface area contributed by atoms with Gasteiger partial charge in [0.2, 0.25) is 5.78 Å². The van der Waals surface area contributed by atoms with Crippen molar-refractivity contribution in [3.05, 3.63) is 23.8 Å². The van der Waals surface area contributed by atoms with E-state index >= 15 is 0 Å². The second-order valence-corrected chi connectivity index (χ2v) is 11.2. The third-order valence-electron chi connectivity index (χ3n) is 9.30. The molecule has 4 aliphatic carbocycles. The van der Waals surface area contributed by atoms with Gasteiger partial charge in [-0.15, -0.1) is 0 Å². The van der Waals surface area contributed by atoms with Crippen LogP contribution in [-0.2, 0) is 28.7 Å². The van der Waals surface area contributed by atoms with Crippen molar-refractivity contribution in [3.63, 3.8) is 0 Å². The average molecular weight is 513 g/mol. The second-order valence-electron chi connectivity index (χ2n) is 11.2. The Hall–Kier alpha value is -2.49. The van der Waals surface area contributed by atoms with E-state index in [-0.39, 0.29) is 36.4 Å². The van der Waals surface area contributed by atoms with Crippen molar-refractivity contribution >= 4 is 23.5 Å². The topological polar surface area (TPSA) is 107 Å². The molecule has 10 heteroatoms. The van der Waals surface area contributed by atoms with Gasteiger partial charge >= 0.3 is 18.1 Å². The Morgan fingerprint density at radius 3 is 2.50 bits per heavy atom. The van der Waals surface area contributed by atoms with E-state index in [1.54, 1.807) is 13.0 Å². The van der Waals surface area contributed by atoms with Gasteiger partial charge in [0.15, 0.2) is 12.4 Å². The lowest BCUT2D eigenvalue weighted by Gasteiger charge is -2.61. The number of rotatable bonds is 4. The number of esters is 2. The number of halogens is 3. The Labute approximate surface area is 207 Å². The maximum absolute atomic E-state index is 13.3. The molecule has 198 valence electrons. The van der Waals surface area contributed by atoms with Crippen LogP contribution in [-0.4, -0.2) is 53.1 Å². The highest BCUT2D eigenvalue weighted by Crippen LogP contribution is 2.68. The van der Waals surface area contributed by atoms with E-state index in [0.717, 1.165) is 12.5 Å². The predicted molar refractivity (Wildman–Crippen MR) is 119 cm³/mol. The van der Waals surface area contributed by atoms with E-state index in [1.165, 1.54) is 12.2 Å². The zero-order valence-corrected chi connectivity index (χ0v) is 20.7. The smallest absolute Gasteiger partial charge is 0.458 e. The summed E-state index contributed by atoms with van der Waals surface area (Å²) in [5, 5.41) is 11.7. The first kappa shape index (κ1) is 26.6. The molecule has 7 nitrogen and oxygen atoms in total. The molecule has 0 spiro atoms. The highest BCUT2D eigenvalue weighted by Gasteiger charge is 2.69. The van der Waals surface area contributed by atoms with Crippen LogP contribution in [0.4, 0.5) is 13.2 Å². The number of Topliss-reactive ketones (excluding diaryl/α,β-unsaturated/α-hetero) is 1. The summed E-state index contributed by atoms with van der Waals surface area (Å²) < 4.78 is 49.8. The van der Waals surface area contributed by atoms with Gasteiger partial charge in [-0.2, -0.15) is 13.2 Å². The summed E-state index contributed by atoms with van der Waals surface area (Å²) in [4.78, 5) is 48.5. The standard InChI is InChI=1S/C26H31F3O7/c1-13-9-16-17-6-8-25(34,20(32)12-35-14(2)30)24(17,4)11-19(36-22(33)26(27,28)29)21(16)23(3)7-5-15(31)10-18(13)23/h5,7,10,13,16-17,19,21,34H,6,8-9,11-12H2,1-4H3/t13?,16-,17-,19+,21+,23-,24-,25-/m0/s1. The summed E-state index contributed by atoms with van der Waals surface area (Å²) in [6.45, 7) is 5.92. The largest absolute Gasteiger partial charge is 0.490 e. The van der Waals surface area contributed by atoms with Crippen molar-refractivity contribution in [1.82, 2.24) is 0 Å². The van der Waals surface area contributed by atoms with E-state index < -0.39 is 59.0 Å². The van der Waals surface area contributed by atoms with Crippen molar-refractivity contribution in [2.75, 3.05) is 6.61 Å². The van der Waals surface area contributed by atoms with Gasteiger partial charge < -0.3 is 14.6 Å². The molecule has 0 heterocycles. The molecule has 8 atom stereocenters. The van der Waals surface area contributed by atoms with Crippen molar-refractivity contribution in [2.24, 2.45) is 34.5 Å². The fourth-order valence-electron chi connectivity index (χ4n) is 7.78.